The van der Waals surface area contributed by atoms with Gasteiger partial charge in [-0.25, -0.2) is 0 Å². The summed E-state index contributed by atoms with van der Waals surface area (Å²) in [5, 5.41) is 3.50. The Bertz CT molecular complexity index is 196. The molecule has 14 heavy (non-hydrogen) atoms. The predicted molar refractivity (Wildman–Crippen MR) is 62.5 cm³/mol. The third kappa shape index (κ3) is 3.81. The van der Waals surface area contributed by atoms with Gasteiger partial charge < -0.3 is 5.32 Å². The molecule has 1 N–H and O–H groups in total. The molecule has 0 aromatic carbocycles. The molecule has 0 amide bonds. The third-order valence-corrected chi connectivity index (χ3v) is 2.81. The molecule has 0 aliphatic carbocycles. The SMILES string of the molecule is CC1=CCCN(C(C)CNC(C)C)C1. The molecular weight excluding hydrogens is 172 g/mol. The van der Waals surface area contributed by atoms with Crippen LogP contribution in [0.2, 0.25) is 0 Å². The minimum absolute atomic E-state index is 0.596. The number of nitrogens with one attached hydrogen (secondary N) is 1. The minimum atomic E-state index is 0.596. The first-order valence-electron chi connectivity index (χ1n) is 5.72. The summed E-state index contributed by atoms with van der Waals surface area (Å²) in [6.45, 7) is 12.4. The molecule has 1 aliphatic heterocycles. The van der Waals surface area contributed by atoms with Gasteiger partial charge in [0.05, 0.1) is 0 Å². The van der Waals surface area contributed by atoms with Crippen LogP contribution in [-0.2, 0) is 0 Å². The molecule has 1 heterocycles. The fourth-order valence-electron chi connectivity index (χ4n) is 1.85. The first-order valence-corrected chi connectivity index (χ1v) is 5.72. The molecule has 0 aromatic rings. The van der Waals surface area contributed by atoms with Crippen molar-refractivity contribution in [3.63, 3.8) is 0 Å². The van der Waals surface area contributed by atoms with Gasteiger partial charge in [0.15, 0.2) is 0 Å². The molecule has 1 unspecified atom stereocenters. The molecule has 0 saturated heterocycles. The molecule has 2 nitrogen and oxygen atoms in total. The van der Waals surface area contributed by atoms with Gasteiger partial charge in [-0.2, -0.15) is 0 Å². The molecule has 0 fully saturated rings. The molecule has 82 valence electrons. The van der Waals surface area contributed by atoms with Gasteiger partial charge in [0.1, 0.15) is 0 Å². The highest BCUT2D eigenvalue weighted by atomic mass is 15.2. The molecule has 1 rings (SSSR count). The van der Waals surface area contributed by atoms with Gasteiger partial charge in [-0.15, -0.1) is 0 Å². The van der Waals surface area contributed by atoms with E-state index in [9.17, 15) is 0 Å². The Morgan fingerprint density at radius 1 is 1.43 bits per heavy atom. The minimum Gasteiger partial charge on any atom is -0.313 e. The highest BCUT2D eigenvalue weighted by molar-refractivity contribution is 5.05. The van der Waals surface area contributed by atoms with E-state index in [0.29, 0.717) is 12.1 Å². The van der Waals surface area contributed by atoms with Gasteiger partial charge in [0, 0.05) is 31.7 Å². The average molecular weight is 196 g/mol. The van der Waals surface area contributed by atoms with Crippen LogP contribution in [0.1, 0.15) is 34.1 Å². The zero-order chi connectivity index (χ0) is 10.6. The van der Waals surface area contributed by atoms with Gasteiger partial charge in [0.2, 0.25) is 0 Å². The van der Waals surface area contributed by atoms with E-state index >= 15 is 0 Å². The smallest absolute Gasteiger partial charge is 0.0195 e. The molecule has 1 aliphatic rings. The highest BCUT2D eigenvalue weighted by Crippen LogP contribution is 2.11. The maximum atomic E-state index is 3.50. The number of nitrogens with zero attached hydrogens (tertiary/aromatic N) is 1. The maximum absolute atomic E-state index is 3.50. The second-order valence-electron chi connectivity index (χ2n) is 4.72. The Morgan fingerprint density at radius 2 is 2.14 bits per heavy atom. The van der Waals surface area contributed by atoms with Crippen molar-refractivity contribution >= 4 is 0 Å². The van der Waals surface area contributed by atoms with E-state index in [-0.39, 0.29) is 0 Å². The Labute approximate surface area is 88.4 Å². The Balaban J connectivity index is 2.30. The Kier molecular flexibility index (Phi) is 4.63. The first-order chi connectivity index (χ1) is 6.59. The summed E-state index contributed by atoms with van der Waals surface area (Å²) in [4.78, 5) is 2.56. The van der Waals surface area contributed by atoms with Crippen molar-refractivity contribution in [3.8, 4) is 0 Å². The van der Waals surface area contributed by atoms with E-state index in [1.165, 1.54) is 18.5 Å². The van der Waals surface area contributed by atoms with Crippen LogP contribution in [0.5, 0.6) is 0 Å². The van der Waals surface area contributed by atoms with Crippen molar-refractivity contribution in [2.24, 2.45) is 0 Å². The first kappa shape index (κ1) is 11.7. The van der Waals surface area contributed by atoms with E-state index in [1.807, 2.05) is 0 Å². The van der Waals surface area contributed by atoms with Crippen molar-refractivity contribution in [3.05, 3.63) is 11.6 Å². The molecule has 0 radical (unpaired) electrons. The summed E-state index contributed by atoms with van der Waals surface area (Å²) < 4.78 is 0. The average Bonchev–Trinajstić information content (AvgIpc) is 2.14. The number of rotatable bonds is 4. The number of hydrogen-bond acceptors (Lipinski definition) is 2. The highest BCUT2D eigenvalue weighted by Gasteiger charge is 2.16. The lowest BCUT2D eigenvalue weighted by Crippen LogP contribution is -2.44. The Hall–Kier alpha value is -0.340. The summed E-state index contributed by atoms with van der Waals surface area (Å²) in [7, 11) is 0. The molecule has 0 saturated carbocycles. The van der Waals surface area contributed by atoms with Crippen molar-refractivity contribution in [2.75, 3.05) is 19.6 Å². The topological polar surface area (TPSA) is 15.3 Å². The third-order valence-electron chi connectivity index (χ3n) is 2.81. The van der Waals surface area contributed by atoms with Gasteiger partial charge in [0.25, 0.3) is 0 Å². The monoisotopic (exact) mass is 196 g/mol. The normalized spacial score (nSPS) is 21.1. The van der Waals surface area contributed by atoms with Crippen LogP contribution in [0.3, 0.4) is 0 Å². The van der Waals surface area contributed by atoms with Crippen molar-refractivity contribution in [2.45, 2.75) is 46.2 Å². The van der Waals surface area contributed by atoms with E-state index < -0.39 is 0 Å². The van der Waals surface area contributed by atoms with Crippen LogP contribution in [0.25, 0.3) is 0 Å². The lowest BCUT2D eigenvalue weighted by molar-refractivity contribution is 0.214. The summed E-state index contributed by atoms with van der Waals surface area (Å²) in [5.41, 5.74) is 1.52. The van der Waals surface area contributed by atoms with Gasteiger partial charge >= 0.3 is 0 Å². The zero-order valence-corrected chi connectivity index (χ0v) is 10.0. The maximum Gasteiger partial charge on any atom is 0.0195 e. The lowest BCUT2D eigenvalue weighted by Gasteiger charge is -2.32. The summed E-state index contributed by atoms with van der Waals surface area (Å²) >= 11 is 0. The van der Waals surface area contributed by atoms with Crippen LogP contribution in [-0.4, -0.2) is 36.6 Å². The van der Waals surface area contributed by atoms with E-state index in [0.717, 1.165) is 13.1 Å². The Morgan fingerprint density at radius 3 is 2.71 bits per heavy atom. The largest absolute Gasteiger partial charge is 0.313 e. The van der Waals surface area contributed by atoms with Gasteiger partial charge in [-0.3, -0.25) is 4.90 Å². The second-order valence-corrected chi connectivity index (χ2v) is 4.72. The van der Waals surface area contributed by atoms with Crippen molar-refractivity contribution in [1.82, 2.24) is 10.2 Å². The van der Waals surface area contributed by atoms with Crippen LogP contribution in [0.15, 0.2) is 11.6 Å². The number of hydrogen-bond donors (Lipinski definition) is 1. The van der Waals surface area contributed by atoms with Crippen molar-refractivity contribution in [1.29, 1.82) is 0 Å². The van der Waals surface area contributed by atoms with Gasteiger partial charge in [-0.1, -0.05) is 25.5 Å². The summed E-state index contributed by atoms with van der Waals surface area (Å²) in [6.07, 6.45) is 3.58. The van der Waals surface area contributed by atoms with Crippen LogP contribution < -0.4 is 5.32 Å². The molecule has 0 aromatic heterocycles. The predicted octanol–water partition coefficient (Wildman–Crippen LogP) is 2.02. The zero-order valence-electron chi connectivity index (χ0n) is 10.0. The van der Waals surface area contributed by atoms with Crippen LogP contribution in [0, 0.1) is 0 Å². The van der Waals surface area contributed by atoms with E-state index in [2.05, 4.69) is 44.0 Å². The molecule has 1 atom stereocenters. The fourth-order valence-corrected chi connectivity index (χ4v) is 1.85. The molecule has 2 heteroatoms. The molecule has 0 bridgehead atoms. The van der Waals surface area contributed by atoms with Crippen LogP contribution >= 0.6 is 0 Å². The standard InChI is InChI=1S/C12H24N2/c1-10(2)13-8-12(4)14-7-5-6-11(3)9-14/h6,10,12-13H,5,7-9H2,1-4H3. The fraction of sp³-hybridized carbons (Fsp3) is 0.833. The summed E-state index contributed by atoms with van der Waals surface area (Å²) in [6, 6.07) is 1.25. The van der Waals surface area contributed by atoms with Crippen molar-refractivity contribution < 1.29 is 0 Å². The van der Waals surface area contributed by atoms with Gasteiger partial charge in [-0.05, 0) is 20.3 Å². The van der Waals surface area contributed by atoms with E-state index in [1.54, 1.807) is 0 Å². The van der Waals surface area contributed by atoms with Crippen LogP contribution in [0.4, 0.5) is 0 Å². The quantitative estimate of drug-likeness (QED) is 0.692. The van der Waals surface area contributed by atoms with E-state index in [4.69, 9.17) is 0 Å². The summed E-state index contributed by atoms with van der Waals surface area (Å²) in [5.74, 6) is 0. The lowest BCUT2D eigenvalue weighted by atomic mass is 10.1. The second kappa shape index (κ2) is 5.52. The molecular formula is C12H24N2. The molecule has 0 spiro atoms.